The van der Waals surface area contributed by atoms with Gasteiger partial charge in [-0.3, -0.25) is 4.79 Å². The Kier molecular flexibility index (Phi) is 4.66. The Morgan fingerprint density at radius 3 is 2.88 bits per heavy atom. The van der Waals surface area contributed by atoms with Gasteiger partial charge in [-0.1, -0.05) is 31.5 Å². The second kappa shape index (κ2) is 6.25. The van der Waals surface area contributed by atoms with E-state index in [2.05, 4.69) is 19.1 Å². The number of thioether (sulfide) groups is 1. The zero-order chi connectivity index (χ0) is 12.1. The van der Waals surface area contributed by atoms with Crippen LogP contribution in [0.2, 0.25) is 0 Å². The van der Waals surface area contributed by atoms with Gasteiger partial charge in [0, 0.05) is 5.56 Å². The van der Waals surface area contributed by atoms with Crippen molar-refractivity contribution in [1.82, 2.24) is 0 Å². The van der Waals surface area contributed by atoms with Crippen LogP contribution in [0.4, 0.5) is 0 Å². The minimum atomic E-state index is 0.282. The Bertz CT molecular complexity index is 382. The molecule has 0 spiro atoms. The third-order valence-electron chi connectivity index (χ3n) is 3.37. The zero-order valence-corrected chi connectivity index (χ0v) is 11.3. The lowest BCUT2D eigenvalue weighted by Crippen LogP contribution is -2.10. The van der Waals surface area contributed by atoms with E-state index in [4.69, 9.17) is 0 Å². The van der Waals surface area contributed by atoms with Crippen LogP contribution in [0.5, 0.6) is 0 Å². The summed E-state index contributed by atoms with van der Waals surface area (Å²) < 4.78 is 0. The molecular formula is C15H20OS. The van der Waals surface area contributed by atoms with E-state index in [-0.39, 0.29) is 5.78 Å². The van der Waals surface area contributed by atoms with Gasteiger partial charge >= 0.3 is 0 Å². The molecule has 0 saturated heterocycles. The van der Waals surface area contributed by atoms with Gasteiger partial charge in [-0.15, -0.1) is 0 Å². The first-order valence-electron chi connectivity index (χ1n) is 6.52. The Morgan fingerprint density at radius 1 is 1.41 bits per heavy atom. The summed E-state index contributed by atoms with van der Waals surface area (Å²) in [6, 6.07) is 8.26. The van der Waals surface area contributed by atoms with E-state index in [1.54, 1.807) is 11.8 Å². The monoisotopic (exact) mass is 248 g/mol. The molecule has 1 aliphatic rings. The summed E-state index contributed by atoms with van der Waals surface area (Å²) in [6.07, 6.45) is 5.07. The van der Waals surface area contributed by atoms with E-state index >= 15 is 0 Å². The molecule has 0 aliphatic heterocycles. The Morgan fingerprint density at radius 2 is 2.24 bits per heavy atom. The first kappa shape index (κ1) is 12.7. The van der Waals surface area contributed by atoms with Crippen LogP contribution >= 0.6 is 11.8 Å². The average molecular weight is 248 g/mol. The van der Waals surface area contributed by atoms with Gasteiger partial charge in [0.1, 0.15) is 0 Å². The van der Waals surface area contributed by atoms with Crippen LogP contribution in [0, 0.1) is 0 Å². The lowest BCUT2D eigenvalue weighted by Gasteiger charge is -2.26. The number of carbonyl (C=O) groups is 1. The fourth-order valence-corrected chi connectivity index (χ4v) is 2.89. The molecule has 1 saturated carbocycles. The van der Waals surface area contributed by atoms with Gasteiger partial charge < -0.3 is 0 Å². The van der Waals surface area contributed by atoms with E-state index in [1.165, 1.54) is 24.8 Å². The van der Waals surface area contributed by atoms with Crippen molar-refractivity contribution in [3.05, 3.63) is 35.4 Å². The number of hydrogen-bond acceptors (Lipinski definition) is 2. The molecule has 0 bridgehead atoms. The third-order valence-corrected chi connectivity index (χ3v) is 4.53. The highest BCUT2D eigenvalue weighted by Crippen LogP contribution is 2.36. The summed E-state index contributed by atoms with van der Waals surface area (Å²) in [5.41, 5.74) is 2.26. The van der Waals surface area contributed by atoms with Crippen molar-refractivity contribution in [2.45, 2.75) is 38.5 Å². The maximum Gasteiger partial charge on any atom is 0.172 e. The molecule has 92 valence electrons. The predicted molar refractivity (Wildman–Crippen MR) is 75.0 cm³/mol. The summed E-state index contributed by atoms with van der Waals surface area (Å²) in [5, 5.41) is 0. The SMILES string of the molecule is CCCSCC(=O)c1cccc(C2CCC2)c1. The highest BCUT2D eigenvalue weighted by atomic mass is 32.2. The van der Waals surface area contributed by atoms with Gasteiger partial charge in [0.15, 0.2) is 5.78 Å². The largest absolute Gasteiger partial charge is 0.293 e. The molecule has 0 heterocycles. The molecule has 2 rings (SSSR count). The number of benzene rings is 1. The van der Waals surface area contributed by atoms with Crippen LogP contribution in [0.15, 0.2) is 24.3 Å². The molecule has 1 aromatic rings. The van der Waals surface area contributed by atoms with Crippen molar-refractivity contribution < 1.29 is 4.79 Å². The molecule has 2 heteroatoms. The molecule has 0 aromatic heterocycles. The van der Waals surface area contributed by atoms with Crippen LogP contribution in [0.1, 0.15) is 54.4 Å². The van der Waals surface area contributed by atoms with Crippen molar-refractivity contribution in [2.75, 3.05) is 11.5 Å². The van der Waals surface area contributed by atoms with Gasteiger partial charge in [-0.05, 0) is 42.6 Å². The van der Waals surface area contributed by atoms with E-state index in [1.807, 2.05) is 12.1 Å². The van der Waals surface area contributed by atoms with Crippen LogP contribution in [-0.2, 0) is 0 Å². The minimum absolute atomic E-state index is 0.282. The van der Waals surface area contributed by atoms with Gasteiger partial charge in [0.05, 0.1) is 5.75 Å². The fraction of sp³-hybridized carbons (Fsp3) is 0.533. The normalized spacial score (nSPS) is 15.6. The summed E-state index contributed by atoms with van der Waals surface area (Å²) >= 11 is 1.74. The van der Waals surface area contributed by atoms with Gasteiger partial charge in [-0.2, -0.15) is 11.8 Å². The third kappa shape index (κ3) is 3.35. The summed E-state index contributed by atoms with van der Waals surface area (Å²) in [5.74, 6) is 2.70. The number of Topliss-reactive ketones (excluding diaryl/α,β-unsaturated/α-hetero) is 1. The quantitative estimate of drug-likeness (QED) is 0.552. The molecule has 17 heavy (non-hydrogen) atoms. The summed E-state index contributed by atoms with van der Waals surface area (Å²) in [7, 11) is 0. The minimum Gasteiger partial charge on any atom is -0.293 e. The van der Waals surface area contributed by atoms with Crippen molar-refractivity contribution in [3.63, 3.8) is 0 Å². The molecule has 1 aliphatic carbocycles. The maximum absolute atomic E-state index is 12.0. The molecule has 1 fully saturated rings. The van der Waals surface area contributed by atoms with E-state index in [0.717, 1.165) is 17.7 Å². The van der Waals surface area contributed by atoms with Crippen LogP contribution in [-0.4, -0.2) is 17.3 Å². The second-order valence-corrected chi connectivity index (χ2v) is 5.83. The molecule has 0 unspecified atom stereocenters. The molecule has 0 radical (unpaired) electrons. The number of carbonyl (C=O) groups excluding carboxylic acids is 1. The smallest absolute Gasteiger partial charge is 0.172 e. The lowest BCUT2D eigenvalue weighted by molar-refractivity contribution is 0.102. The maximum atomic E-state index is 12.0. The van der Waals surface area contributed by atoms with Gasteiger partial charge in [0.25, 0.3) is 0 Å². The van der Waals surface area contributed by atoms with Crippen LogP contribution in [0.25, 0.3) is 0 Å². The highest BCUT2D eigenvalue weighted by molar-refractivity contribution is 7.99. The van der Waals surface area contributed by atoms with Gasteiger partial charge in [-0.25, -0.2) is 0 Å². The first-order valence-corrected chi connectivity index (χ1v) is 7.67. The first-order chi connectivity index (χ1) is 8.31. The summed E-state index contributed by atoms with van der Waals surface area (Å²) in [4.78, 5) is 12.0. The summed E-state index contributed by atoms with van der Waals surface area (Å²) in [6.45, 7) is 2.15. The molecule has 1 nitrogen and oxygen atoms in total. The number of ketones is 1. The van der Waals surface area contributed by atoms with E-state index in [9.17, 15) is 4.79 Å². The number of hydrogen-bond donors (Lipinski definition) is 0. The molecule has 0 N–H and O–H groups in total. The highest BCUT2D eigenvalue weighted by Gasteiger charge is 2.20. The van der Waals surface area contributed by atoms with Crippen LogP contribution < -0.4 is 0 Å². The number of rotatable bonds is 6. The van der Waals surface area contributed by atoms with Crippen molar-refractivity contribution in [3.8, 4) is 0 Å². The van der Waals surface area contributed by atoms with E-state index < -0.39 is 0 Å². The topological polar surface area (TPSA) is 17.1 Å². The van der Waals surface area contributed by atoms with Gasteiger partial charge in [0.2, 0.25) is 0 Å². The standard InChI is InChI=1S/C15H20OS/c1-2-9-17-11-15(16)14-8-4-7-13(10-14)12-5-3-6-12/h4,7-8,10,12H,2-3,5-6,9,11H2,1H3. The molecular weight excluding hydrogens is 228 g/mol. The van der Waals surface area contributed by atoms with Crippen molar-refractivity contribution >= 4 is 17.5 Å². The second-order valence-electron chi connectivity index (χ2n) is 4.73. The van der Waals surface area contributed by atoms with Crippen LogP contribution in [0.3, 0.4) is 0 Å². The van der Waals surface area contributed by atoms with Crippen molar-refractivity contribution in [2.24, 2.45) is 0 Å². The molecule has 0 atom stereocenters. The Labute approximate surface area is 108 Å². The molecule has 0 amide bonds. The molecule has 1 aromatic carbocycles. The lowest BCUT2D eigenvalue weighted by atomic mass is 9.79. The zero-order valence-electron chi connectivity index (χ0n) is 10.4. The fourth-order valence-electron chi connectivity index (χ4n) is 2.10. The Balaban J connectivity index is 1.97. The Hall–Kier alpha value is -0.760. The predicted octanol–water partition coefficient (Wildman–Crippen LogP) is 4.28. The van der Waals surface area contributed by atoms with E-state index in [0.29, 0.717) is 11.7 Å². The average Bonchev–Trinajstić information content (AvgIpc) is 2.27. The van der Waals surface area contributed by atoms with Crippen molar-refractivity contribution in [1.29, 1.82) is 0 Å².